The Morgan fingerprint density at radius 3 is 1.88 bits per heavy atom. The van der Waals surface area contributed by atoms with Gasteiger partial charge in [-0.2, -0.15) is 0 Å². The van der Waals surface area contributed by atoms with E-state index in [0.29, 0.717) is 11.6 Å². The second-order valence-corrected chi connectivity index (χ2v) is 10.2. The van der Waals surface area contributed by atoms with Crippen molar-refractivity contribution in [2.24, 2.45) is 4.99 Å². The monoisotopic (exact) mass is 472 g/mol. The van der Waals surface area contributed by atoms with Gasteiger partial charge in [0.15, 0.2) is 5.17 Å². The van der Waals surface area contributed by atoms with Gasteiger partial charge in [0.25, 0.3) is 0 Å². The third-order valence-electron chi connectivity index (χ3n) is 6.15. The molecule has 0 radical (unpaired) electrons. The molecule has 1 amide bonds. The van der Waals surface area contributed by atoms with E-state index in [1.807, 2.05) is 35.1 Å². The van der Waals surface area contributed by atoms with Crippen molar-refractivity contribution in [3.8, 4) is 0 Å². The number of nitrogens with one attached hydrogen (secondary N) is 1. The zero-order valence-electron chi connectivity index (χ0n) is 20.7. The molecule has 0 aromatic heterocycles. The molecule has 1 N–H and O–H groups in total. The molecule has 176 valence electrons. The molecule has 4 rings (SSSR count). The minimum Gasteiger partial charge on any atom is -0.378 e. The second-order valence-electron chi connectivity index (χ2n) is 9.01. The summed E-state index contributed by atoms with van der Waals surface area (Å²) in [6.45, 7) is 3.96. The Kier molecular flexibility index (Phi) is 6.71. The van der Waals surface area contributed by atoms with E-state index in [2.05, 4.69) is 88.8 Å². The Balaban J connectivity index is 1.98. The van der Waals surface area contributed by atoms with Crippen molar-refractivity contribution in [2.45, 2.75) is 25.0 Å². The van der Waals surface area contributed by atoms with Gasteiger partial charge in [-0.3, -0.25) is 4.79 Å². The fraction of sp³-hybridized carbons (Fsp3) is 0.286. The molecule has 34 heavy (non-hydrogen) atoms. The Labute approximate surface area is 206 Å². The maximum absolute atomic E-state index is 12.4. The van der Waals surface area contributed by atoms with E-state index in [4.69, 9.17) is 4.99 Å². The lowest BCUT2D eigenvalue weighted by Crippen LogP contribution is -2.36. The largest absolute Gasteiger partial charge is 0.378 e. The number of carbonyl (C=O) groups is 1. The highest BCUT2D eigenvalue weighted by Gasteiger charge is 2.43. The molecule has 3 aromatic rings. The molecule has 0 spiro atoms. The van der Waals surface area contributed by atoms with Crippen LogP contribution in [0.15, 0.2) is 71.7 Å². The molecule has 0 saturated carbocycles. The van der Waals surface area contributed by atoms with Crippen LogP contribution in [-0.2, 0) is 9.54 Å². The molecule has 3 aromatic carbocycles. The van der Waals surface area contributed by atoms with Crippen molar-refractivity contribution in [3.63, 3.8) is 0 Å². The summed E-state index contributed by atoms with van der Waals surface area (Å²) in [5.74, 6) is -0.0402. The smallest absolute Gasteiger partial charge is 0.225 e. The van der Waals surface area contributed by atoms with Crippen LogP contribution in [0.3, 0.4) is 0 Å². The molecule has 0 aliphatic carbocycles. The normalized spacial score (nSPS) is 14.1. The van der Waals surface area contributed by atoms with Gasteiger partial charge in [0.05, 0.1) is 5.69 Å². The van der Waals surface area contributed by atoms with Gasteiger partial charge in [-0.25, -0.2) is 4.99 Å². The van der Waals surface area contributed by atoms with Gasteiger partial charge < -0.3 is 15.1 Å². The zero-order chi connectivity index (χ0) is 24.5. The molecule has 0 atom stereocenters. The number of anilines is 2. The third kappa shape index (κ3) is 4.42. The van der Waals surface area contributed by atoms with E-state index in [-0.39, 0.29) is 5.91 Å². The fourth-order valence-electron chi connectivity index (χ4n) is 4.21. The van der Waals surface area contributed by atoms with Crippen LogP contribution in [0, 0.1) is 6.92 Å². The summed E-state index contributed by atoms with van der Waals surface area (Å²) in [6.07, 6.45) is 0.405. The van der Waals surface area contributed by atoms with Gasteiger partial charge in [-0.1, -0.05) is 60.6 Å². The van der Waals surface area contributed by atoms with Crippen molar-refractivity contribution in [3.05, 3.63) is 89.0 Å². The predicted octanol–water partition coefficient (Wildman–Crippen LogP) is 5.68. The molecule has 1 aliphatic rings. The number of hydrogen-bond acceptors (Lipinski definition) is 5. The van der Waals surface area contributed by atoms with Gasteiger partial charge in [0.2, 0.25) is 5.91 Å². The minimum absolute atomic E-state index is 0.0402. The Morgan fingerprint density at radius 1 is 0.882 bits per heavy atom. The SMILES string of the molecule is CCC(=O)NC1=Nc2ccc(C)cc2C(c2ccc(N(C)C)cc2)(c2ccc(N(C)C)cc2)S1. The number of carbonyl (C=O) groups excluding carboxylic acids is 1. The molecule has 0 fully saturated rings. The number of thioether (sulfide) groups is 1. The summed E-state index contributed by atoms with van der Waals surface area (Å²) in [5.41, 5.74) is 7.75. The average Bonchev–Trinajstić information content (AvgIpc) is 2.83. The molecular weight excluding hydrogens is 440 g/mol. The lowest BCUT2D eigenvalue weighted by molar-refractivity contribution is -0.119. The lowest BCUT2D eigenvalue weighted by atomic mass is 9.82. The van der Waals surface area contributed by atoms with Gasteiger partial charge in [-0.15, -0.1) is 0 Å². The highest BCUT2D eigenvalue weighted by Crippen LogP contribution is 2.54. The molecule has 0 unspecified atom stereocenters. The minimum atomic E-state index is -0.560. The van der Waals surface area contributed by atoms with Crippen LogP contribution in [0.4, 0.5) is 17.1 Å². The number of amidine groups is 1. The Bertz CT molecular complexity index is 1160. The number of amides is 1. The maximum Gasteiger partial charge on any atom is 0.225 e. The number of aryl methyl sites for hydroxylation is 1. The van der Waals surface area contributed by atoms with Gasteiger partial charge >= 0.3 is 0 Å². The number of aliphatic imine (C=N–C) groups is 1. The molecule has 1 aliphatic heterocycles. The topological polar surface area (TPSA) is 47.9 Å². The summed E-state index contributed by atoms with van der Waals surface area (Å²) < 4.78 is -0.560. The van der Waals surface area contributed by atoms with Crippen molar-refractivity contribution >= 4 is 39.9 Å². The predicted molar refractivity (Wildman–Crippen MR) is 146 cm³/mol. The van der Waals surface area contributed by atoms with Crippen molar-refractivity contribution in [1.29, 1.82) is 0 Å². The third-order valence-corrected chi connectivity index (χ3v) is 7.54. The number of benzene rings is 3. The van der Waals surface area contributed by atoms with E-state index >= 15 is 0 Å². The van der Waals surface area contributed by atoms with Crippen LogP contribution in [0.2, 0.25) is 0 Å². The van der Waals surface area contributed by atoms with E-state index in [1.165, 1.54) is 5.56 Å². The van der Waals surface area contributed by atoms with E-state index in [0.717, 1.165) is 33.8 Å². The molecule has 6 heteroatoms. The van der Waals surface area contributed by atoms with Gasteiger partial charge in [0.1, 0.15) is 4.75 Å². The second kappa shape index (κ2) is 9.55. The zero-order valence-corrected chi connectivity index (χ0v) is 21.5. The summed E-state index contributed by atoms with van der Waals surface area (Å²) in [4.78, 5) is 21.4. The maximum atomic E-state index is 12.4. The first-order chi connectivity index (χ1) is 16.2. The van der Waals surface area contributed by atoms with E-state index in [9.17, 15) is 4.79 Å². The summed E-state index contributed by atoms with van der Waals surface area (Å²) in [6, 6.07) is 23.7. The molecule has 5 nitrogen and oxygen atoms in total. The first-order valence-electron chi connectivity index (χ1n) is 11.5. The highest BCUT2D eigenvalue weighted by molar-refractivity contribution is 8.15. The number of hydrogen-bond donors (Lipinski definition) is 1. The van der Waals surface area contributed by atoms with Crippen LogP contribution in [-0.4, -0.2) is 39.3 Å². The first-order valence-corrected chi connectivity index (χ1v) is 12.3. The van der Waals surface area contributed by atoms with Gasteiger partial charge in [0, 0.05) is 51.5 Å². The number of fused-ring (bicyclic) bond motifs is 1. The Morgan fingerprint density at radius 2 is 1.41 bits per heavy atom. The fourth-order valence-corrected chi connectivity index (χ4v) is 5.59. The number of rotatable bonds is 5. The average molecular weight is 473 g/mol. The van der Waals surface area contributed by atoms with Crippen LogP contribution >= 0.6 is 11.8 Å². The lowest BCUT2D eigenvalue weighted by Gasteiger charge is -2.39. The van der Waals surface area contributed by atoms with Crippen LogP contribution in [0.5, 0.6) is 0 Å². The van der Waals surface area contributed by atoms with Crippen molar-refractivity contribution in [1.82, 2.24) is 5.32 Å². The van der Waals surface area contributed by atoms with Crippen LogP contribution in [0.1, 0.15) is 35.6 Å². The van der Waals surface area contributed by atoms with E-state index in [1.54, 1.807) is 11.8 Å². The summed E-state index contributed by atoms with van der Waals surface area (Å²) in [7, 11) is 8.18. The summed E-state index contributed by atoms with van der Waals surface area (Å²) in [5, 5.41) is 3.66. The van der Waals surface area contributed by atoms with Gasteiger partial charge in [-0.05, 0) is 48.4 Å². The molecule has 0 bridgehead atoms. The van der Waals surface area contributed by atoms with Crippen molar-refractivity contribution in [2.75, 3.05) is 38.0 Å². The molecular formula is C28H32N4OS. The Hall–Kier alpha value is -3.25. The van der Waals surface area contributed by atoms with Crippen LogP contribution in [0.25, 0.3) is 0 Å². The quantitative estimate of drug-likeness (QED) is 0.519. The standard InChI is InChI=1S/C28H32N4OS/c1-7-26(33)30-27-29-25-17-8-19(2)18-24(25)28(34-27,20-9-13-22(14-10-20)31(3)4)21-11-15-23(16-12-21)32(5)6/h8-18H,7H2,1-6H3,(H,29,30,33). The molecule has 1 heterocycles. The summed E-state index contributed by atoms with van der Waals surface area (Å²) >= 11 is 1.60. The first kappa shape index (κ1) is 23.9. The highest BCUT2D eigenvalue weighted by atomic mass is 32.2. The van der Waals surface area contributed by atoms with E-state index < -0.39 is 4.75 Å². The molecule has 0 saturated heterocycles. The van der Waals surface area contributed by atoms with Crippen LogP contribution < -0.4 is 15.1 Å². The van der Waals surface area contributed by atoms with Crippen molar-refractivity contribution < 1.29 is 4.79 Å². The number of nitrogens with zero attached hydrogens (tertiary/aromatic N) is 3.